The van der Waals surface area contributed by atoms with Crippen molar-refractivity contribution in [2.75, 3.05) is 6.61 Å². The summed E-state index contributed by atoms with van der Waals surface area (Å²) in [5, 5.41) is 0. The van der Waals surface area contributed by atoms with E-state index in [4.69, 9.17) is 4.74 Å². The number of epoxide rings is 1. The van der Waals surface area contributed by atoms with Gasteiger partial charge in [-0.25, -0.2) is 0 Å². The third kappa shape index (κ3) is 1.20. The summed E-state index contributed by atoms with van der Waals surface area (Å²) in [7, 11) is 0. The molecule has 0 bridgehead atoms. The van der Waals surface area contributed by atoms with E-state index in [1.54, 1.807) is 6.20 Å². The summed E-state index contributed by atoms with van der Waals surface area (Å²) in [5.41, 5.74) is 1.16. The largest absolute Gasteiger partial charge is 0.368 e. The Morgan fingerprint density at radius 1 is 1.60 bits per heavy atom. The summed E-state index contributed by atoms with van der Waals surface area (Å²) in [6.45, 7) is 0.845. The van der Waals surface area contributed by atoms with Gasteiger partial charge in [0.15, 0.2) is 0 Å². The molecule has 1 aromatic rings. The molecule has 3 heteroatoms. The van der Waals surface area contributed by atoms with Crippen molar-refractivity contribution in [1.29, 1.82) is 0 Å². The van der Waals surface area contributed by atoms with Crippen molar-refractivity contribution >= 4 is 15.9 Å². The lowest BCUT2D eigenvalue weighted by atomic mass is 10.2. The van der Waals surface area contributed by atoms with Crippen LogP contribution in [0.4, 0.5) is 0 Å². The molecule has 0 unspecified atom stereocenters. The predicted octanol–water partition coefficient (Wildman–Crippen LogP) is 1.92. The van der Waals surface area contributed by atoms with Gasteiger partial charge in [-0.05, 0) is 22.0 Å². The van der Waals surface area contributed by atoms with Gasteiger partial charge < -0.3 is 4.74 Å². The maximum absolute atomic E-state index is 5.09. The van der Waals surface area contributed by atoms with Gasteiger partial charge in [0.1, 0.15) is 6.10 Å². The van der Waals surface area contributed by atoms with E-state index < -0.39 is 0 Å². The zero-order valence-electron chi connectivity index (χ0n) is 5.25. The van der Waals surface area contributed by atoms with Crippen molar-refractivity contribution < 1.29 is 4.74 Å². The molecule has 2 rings (SSSR count). The highest BCUT2D eigenvalue weighted by Gasteiger charge is 2.24. The van der Waals surface area contributed by atoms with Crippen LogP contribution in [0.25, 0.3) is 0 Å². The molecule has 52 valence electrons. The van der Waals surface area contributed by atoms with E-state index in [9.17, 15) is 0 Å². The first kappa shape index (κ1) is 6.31. The molecule has 0 amide bonds. The lowest BCUT2D eigenvalue weighted by Gasteiger charge is -1.93. The van der Waals surface area contributed by atoms with Crippen LogP contribution in [0.15, 0.2) is 22.9 Å². The van der Waals surface area contributed by atoms with Crippen molar-refractivity contribution in [2.45, 2.75) is 6.10 Å². The number of aromatic nitrogens is 1. The van der Waals surface area contributed by atoms with E-state index in [0.717, 1.165) is 16.6 Å². The van der Waals surface area contributed by atoms with Crippen LogP contribution in [0, 0.1) is 0 Å². The fourth-order valence-corrected chi connectivity index (χ4v) is 1.23. The third-order valence-corrected chi connectivity index (χ3v) is 1.86. The molecule has 0 saturated carbocycles. The van der Waals surface area contributed by atoms with Crippen molar-refractivity contribution in [3.05, 3.63) is 28.5 Å². The van der Waals surface area contributed by atoms with E-state index in [1.807, 2.05) is 12.3 Å². The van der Waals surface area contributed by atoms with Gasteiger partial charge in [-0.2, -0.15) is 0 Å². The first-order valence-electron chi connectivity index (χ1n) is 3.08. The Balaban J connectivity index is 2.32. The maximum Gasteiger partial charge on any atom is 0.107 e. The second kappa shape index (κ2) is 2.32. The second-order valence-electron chi connectivity index (χ2n) is 2.26. The van der Waals surface area contributed by atoms with Gasteiger partial charge in [0, 0.05) is 22.4 Å². The first-order valence-corrected chi connectivity index (χ1v) is 3.87. The smallest absolute Gasteiger partial charge is 0.107 e. The molecule has 0 aliphatic carbocycles. The zero-order chi connectivity index (χ0) is 6.97. The zero-order valence-corrected chi connectivity index (χ0v) is 6.84. The lowest BCUT2D eigenvalue weighted by molar-refractivity contribution is 0.415. The standard InChI is InChI=1S/C7H6BrNO/c8-6-1-5(2-9-3-6)7-4-10-7/h1-3,7H,4H2/t7-/m0/s1. The number of nitrogens with zero attached hydrogens (tertiary/aromatic N) is 1. The van der Waals surface area contributed by atoms with Gasteiger partial charge in [-0.1, -0.05) is 0 Å². The molecular formula is C7H6BrNO. The number of rotatable bonds is 1. The monoisotopic (exact) mass is 199 g/mol. The number of hydrogen-bond donors (Lipinski definition) is 0. The van der Waals surface area contributed by atoms with E-state index >= 15 is 0 Å². The quantitative estimate of drug-likeness (QED) is 0.647. The van der Waals surface area contributed by atoms with Crippen LogP contribution in [0.5, 0.6) is 0 Å². The Bertz CT molecular complexity index is 247. The Morgan fingerprint density at radius 3 is 3.00 bits per heavy atom. The molecule has 10 heavy (non-hydrogen) atoms. The minimum atomic E-state index is 0.310. The predicted molar refractivity (Wildman–Crippen MR) is 40.6 cm³/mol. The highest BCUT2D eigenvalue weighted by Crippen LogP contribution is 2.30. The summed E-state index contributed by atoms with van der Waals surface area (Å²) in [6, 6.07) is 2.03. The first-order chi connectivity index (χ1) is 4.86. The molecular weight excluding hydrogens is 194 g/mol. The molecule has 1 aliphatic heterocycles. The Hall–Kier alpha value is -0.410. The summed E-state index contributed by atoms with van der Waals surface area (Å²) >= 11 is 3.34. The van der Waals surface area contributed by atoms with Gasteiger partial charge in [-0.3, -0.25) is 4.98 Å². The topological polar surface area (TPSA) is 25.4 Å². The van der Waals surface area contributed by atoms with Gasteiger partial charge in [0.05, 0.1) is 6.61 Å². The summed E-state index contributed by atoms with van der Waals surface area (Å²) < 4.78 is 6.10. The highest BCUT2D eigenvalue weighted by atomic mass is 79.9. The van der Waals surface area contributed by atoms with E-state index in [-0.39, 0.29) is 0 Å². The van der Waals surface area contributed by atoms with Crippen LogP contribution in [-0.4, -0.2) is 11.6 Å². The second-order valence-corrected chi connectivity index (χ2v) is 3.17. The van der Waals surface area contributed by atoms with E-state index in [2.05, 4.69) is 20.9 Å². The number of ether oxygens (including phenoxy) is 1. The molecule has 2 heterocycles. The molecule has 0 aromatic carbocycles. The van der Waals surface area contributed by atoms with Crippen molar-refractivity contribution in [3.8, 4) is 0 Å². The molecule has 1 aromatic heterocycles. The molecule has 1 saturated heterocycles. The molecule has 0 radical (unpaired) electrons. The van der Waals surface area contributed by atoms with Crippen LogP contribution >= 0.6 is 15.9 Å². The Kier molecular flexibility index (Phi) is 1.47. The number of pyridine rings is 1. The Labute approximate surface area is 67.4 Å². The lowest BCUT2D eigenvalue weighted by Crippen LogP contribution is -1.81. The normalized spacial score (nSPS) is 22.7. The van der Waals surface area contributed by atoms with Crippen molar-refractivity contribution in [3.63, 3.8) is 0 Å². The van der Waals surface area contributed by atoms with Crippen LogP contribution in [0.3, 0.4) is 0 Å². The average molecular weight is 200 g/mol. The van der Waals surface area contributed by atoms with Crippen LogP contribution in [0.2, 0.25) is 0 Å². The molecule has 0 spiro atoms. The van der Waals surface area contributed by atoms with Gasteiger partial charge in [0.2, 0.25) is 0 Å². The SMILES string of the molecule is Brc1cncc([C@@H]2CO2)c1. The van der Waals surface area contributed by atoms with Crippen LogP contribution in [-0.2, 0) is 4.74 Å². The highest BCUT2D eigenvalue weighted by molar-refractivity contribution is 9.10. The summed E-state index contributed by atoms with van der Waals surface area (Å²) in [6.07, 6.45) is 3.92. The molecule has 1 fully saturated rings. The van der Waals surface area contributed by atoms with Crippen molar-refractivity contribution in [2.24, 2.45) is 0 Å². The van der Waals surface area contributed by atoms with Crippen LogP contribution < -0.4 is 0 Å². The summed E-state index contributed by atoms with van der Waals surface area (Å²) in [4.78, 5) is 4.02. The maximum atomic E-state index is 5.09. The van der Waals surface area contributed by atoms with E-state index in [1.165, 1.54) is 0 Å². The minimum absolute atomic E-state index is 0.310. The minimum Gasteiger partial charge on any atom is -0.368 e. The van der Waals surface area contributed by atoms with Gasteiger partial charge in [-0.15, -0.1) is 0 Å². The molecule has 0 N–H and O–H groups in total. The Morgan fingerprint density at radius 2 is 2.40 bits per heavy atom. The van der Waals surface area contributed by atoms with Gasteiger partial charge in [0.25, 0.3) is 0 Å². The average Bonchev–Trinajstić information content (AvgIpc) is 2.68. The fourth-order valence-electron chi connectivity index (χ4n) is 0.845. The number of hydrogen-bond acceptors (Lipinski definition) is 2. The third-order valence-electron chi connectivity index (χ3n) is 1.43. The molecule has 2 nitrogen and oxygen atoms in total. The van der Waals surface area contributed by atoms with Crippen molar-refractivity contribution in [1.82, 2.24) is 4.98 Å². The number of halogens is 1. The van der Waals surface area contributed by atoms with E-state index in [0.29, 0.717) is 6.10 Å². The molecule has 1 aliphatic rings. The summed E-state index contributed by atoms with van der Waals surface area (Å²) in [5.74, 6) is 0. The van der Waals surface area contributed by atoms with Gasteiger partial charge >= 0.3 is 0 Å². The molecule has 1 atom stereocenters. The fraction of sp³-hybridized carbons (Fsp3) is 0.286. The van der Waals surface area contributed by atoms with Crippen LogP contribution in [0.1, 0.15) is 11.7 Å².